The molecule has 1 aliphatic rings. The van der Waals surface area contributed by atoms with E-state index in [0.717, 1.165) is 11.8 Å². The molecule has 0 saturated heterocycles. The number of alkyl halides is 3. The smallest absolute Gasteiger partial charge is 0.478 e. The molecular weight excluding hydrogens is 273 g/mol. The second kappa shape index (κ2) is 4.17. The summed E-state index contributed by atoms with van der Waals surface area (Å²) in [6, 6.07) is 0. The summed E-state index contributed by atoms with van der Waals surface area (Å²) in [5.74, 6) is -2.46. The van der Waals surface area contributed by atoms with Crippen LogP contribution in [0.15, 0.2) is 11.3 Å². The number of halogens is 3. The Kier molecular flexibility index (Phi) is 3.43. The first-order valence-electron chi connectivity index (χ1n) is 3.69. The van der Waals surface area contributed by atoms with Crippen LogP contribution in [0.3, 0.4) is 0 Å². The fourth-order valence-corrected chi connectivity index (χ4v) is 2.45. The van der Waals surface area contributed by atoms with Gasteiger partial charge in [-0.15, -0.1) is 11.8 Å². The summed E-state index contributed by atoms with van der Waals surface area (Å²) in [7, 11) is -5.78. The number of carboxylic acid groups (broad SMARTS) is 1. The highest BCUT2D eigenvalue weighted by Crippen LogP contribution is 2.32. The summed E-state index contributed by atoms with van der Waals surface area (Å²) in [5.41, 5.74) is -6.02. The molecule has 10 heteroatoms. The van der Waals surface area contributed by atoms with Crippen LogP contribution in [0.1, 0.15) is 0 Å². The lowest BCUT2D eigenvalue weighted by atomic mass is 10.3. The predicted molar refractivity (Wildman–Crippen MR) is 48.0 cm³/mol. The van der Waals surface area contributed by atoms with Crippen molar-refractivity contribution in [3.05, 3.63) is 11.3 Å². The first-order chi connectivity index (χ1) is 7.15. The van der Waals surface area contributed by atoms with Gasteiger partial charge in [0.05, 0.1) is 11.3 Å². The minimum Gasteiger partial charge on any atom is -0.478 e. The maximum absolute atomic E-state index is 11.9. The molecule has 1 aliphatic heterocycles. The molecule has 0 aromatic heterocycles. The van der Waals surface area contributed by atoms with Crippen molar-refractivity contribution in [3.8, 4) is 0 Å². The zero-order chi connectivity index (χ0) is 12.6. The van der Waals surface area contributed by atoms with Crippen LogP contribution >= 0.6 is 11.8 Å². The van der Waals surface area contributed by atoms with Crippen LogP contribution < -0.4 is 0 Å². The maximum Gasteiger partial charge on any atom is 0.534 e. The lowest BCUT2D eigenvalue weighted by molar-refractivity contribution is -0.132. The van der Waals surface area contributed by atoms with Gasteiger partial charge in [0.2, 0.25) is 0 Å². The van der Waals surface area contributed by atoms with Gasteiger partial charge < -0.3 is 9.29 Å². The predicted octanol–water partition coefficient (Wildman–Crippen LogP) is 0.938. The van der Waals surface area contributed by atoms with Crippen molar-refractivity contribution < 1.29 is 35.7 Å². The molecule has 0 bridgehead atoms. The van der Waals surface area contributed by atoms with Gasteiger partial charge in [-0.05, 0) is 0 Å². The Labute approximate surface area is 92.4 Å². The van der Waals surface area contributed by atoms with E-state index in [1.54, 1.807) is 0 Å². The van der Waals surface area contributed by atoms with E-state index >= 15 is 0 Å². The molecule has 0 aliphatic carbocycles. The van der Waals surface area contributed by atoms with Crippen molar-refractivity contribution >= 4 is 27.8 Å². The van der Waals surface area contributed by atoms with Crippen molar-refractivity contribution in [3.63, 3.8) is 0 Å². The Morgan fingerprint density at radius 2 is 1.94 bits per heavy atom. The zero-order valence-corrected chi connectivity index (χ0v) is 9.08. The SMILES string of the molecule is O=C(O)C1=C(OS(=O)(=O)C(F)(F)F)CSC1. The summed E-state index contributed by atoms with van der Waals surface area (Å²) >= 11 is 0.958. The molecule has 1 N–H and O–H groups in total. The Hall–Kier alpha value is -0.900. The molecule has 0 amide bonds. The molecular formula is C6H5F3O5S2. The van der Waals surface area contributed by atoms with Gasteiger partial charge in [-0.25, -0.2) is 4.79 Å². The quantitative estimate of drug-likeness (QED) is 0.611. The van der Waals surface area contributed by atoms with Crippen LogP contribution in [0.5, 0.6) is 0 Å². The molecule has 0 atom stereocenters. The fourth-order valence-electron chi connectivity index (χ4n) is 0.848. The van der Waals surface area contributed by atoms with Gasteiger partial charge in [0.25, 0.3) is 0 Å². The number of carbonyl (C=O) groups is 1. The van der Waals surface area contributed by atoms with E-state index in [2.05, 4.69) is 4.18 Å². The second-order valence-corrected chi connectivity index (χ2v) is 5.21. The molecule has 0 saturated carbocycles. The van der Waals surface area contributed by atoms with Crippen LogP contribution in [0.2, 0.25) is 0 Å². The highest BCUT2D eigenvalue weighted by Gasteiger charge is 2.49. The summed E-state index contributed by atoms with van der Waals surface area (Å²) in [6.07, 6.45) is 0. The molecule has 16 heavy (non-hydrogen) atoms. The number of hydrogen-bond acceptors (Lipinski definition) is 5. The van der Waals surface area contributed by atoms with Crippen molar-refractivity contribution in [2.24, 2.45) is 0 Å². The molecule has 1 heterocycles. The average Bonchev–Trinajstić information content (AvgIpc) is 2.49. The van der Waals surface area contributed by atoms with Crippen LogP contribution in [0.25, 0.3) is 0 Å². The second-order valence-electron chi connectivity index (χ2n) is 2.68. The molecule has 0 spiro atoms. The Bertz CT molecular complexity index is 436. The third-order valence-electron chi connectivity index (χ3n) is 1.57. The first kappa shape index (κ1) is 13.2. The lowest BCUT2D eigenvalue weighted by Gasteiger charge is -2.10. The number of hydrogen-bond donors (Lipinski definition) is 1. The Morgan fingerprint density at radius 1 is 1.38 bits per heavy atom. The van der Waals surface area contributed by atoms with E-state index in [4.69, 9.17) is 5.11 Å². The molecule has 92 valence electrons. The van der Waals surface area contributed by atoms with E-state index < -0.39 is 32.9 Å². The number of thioether (sulfide) groups is 1. The highest BCUT2D eigenvalue weighted by atomic mass is 32.2. The Morgan fingerprint density at radius 3 is 2.38 bits per heavy atom. The normalized spacial score (nSPS) is 17.7. The van der Waals surface area contributed by atoms with E-state index in [9.17, 15) is 26.4 Å². The number of rotatable bonds is 3. The summed E-state index contributed by atoms with van der Waals surface area (Å²) in [5, 5.41) is 8.56. The molecule has 5 nitrogen and oxygen atoms in total. The van der Waals surface area contributed by atoms with Gasteiger partial charge >= 0.3 is 21.6 Å². The van der Waals surface area contributed by atoms with Crippen molar-refractivity contribution in [1.29, 1.82) is 0 Å². The van der Waals surface area contributed by atoms with Crippen LogP contribution in [0.4, 0.5) is 13.2 Å². The zero-order valence-electron chi connectivity index (χ0n) is 7.44. The minimum atomic E-state index is -5.78. The summed E-state index contributed by atoms with van der Waals surface area (Å²) in [6.45, 7) is 0. The van der Waals surface area contributed by atoms with Crippen molar-refractivity contribution in [1.82, 2.24) is 0 Å². The molecule has 0 aromatic rings. The first-order valence-corrected chi connectivity index (χ1v) is 6.25. The van der Waals surface area contributed by atoms with Gasteiger partial charge in [0, 0.05) is 5.75 Å². The van der Waals surface area contributed by atoms with Gasteiger partial charge in [-0.1, -0.05) is 0 Å². The van der Waals surface area contributed by atoms with E-state index in [-0.39, 0.29) is 11.5 Å². The van der Waals surface area contributed by atoms with E-state index in [1.807, 2.05) is 0 Å². The summed E-state index contributed by atoms with van der Waals surface area (Å²) in [4.78, 5) is 10.5. The Balaban J connectivity index is 2.99. The topological polar surface area (TPSA) is 80.7 Å². The van der Waals surface area contributed by atoms with Crippen molar-refractivity contribution in [2.45, 2.75) is 5.51 Å². The van der Waals surface area contributed by atoms with Gasteiger partial charge in [0.1, 0.15) is 5.76 Å². The monoisotopic (exact) mass is 278 g/mol. The highest BCUT2D eigenvalue weighted by molar-refractivity contribution is 8.00. The largest absolute Gasteiger partial charge is 0.534 e. The van der Waals surface area contributed by atoms with E-state index in [0.29, 0.717) is 0 Å². The van der Waals surface area contributed by atoms with E-state index in [1.165, 1.54) is 0 Å². The molecule has 0 unspecified atom stereocenters. The molecule has 0 aromatic carbocycles. The average molecular weight is 278 g/mol. The van der Waals surface area contributed by atoms with Crippen molar-refractivity contribution in [2.75, 3.05) is 11.5 Å². The fraction of sp³-hybridized carbons (Fsp3) is 0.500. The minimum absolute atomic E-state index is 0.0853. The van der Waals surface area contributed by atoms with Gasteiger partial charge in [0.15, 0.2) is 0 Å². The number of aliphatic carboxylic acids is 1. The number of carboxylic acids is 1. The third-order valence-corrected chi connectivity index (χ3v) is 3.51. The maximum atomic E-state index is 11.9. The van der Waals surface area contributed by atoms with Gasteiger partial charge in [-0.2, -0.15) is 21.6 Å². The molecule has 1 rings (SSSR count). The van der Waals surface area contributed by atoms with Crippen LogP contribution in [0, 0.1) is 0 Å². The van der Waals surface area contributed by atoms with Crippen LogP contribution in [-0.4, -0.2) is 36.5 Å². The molecule has 0 radical (unpaired) electrons. The van der Waals surface area contributed by atoms with Gasteiger partial charge in [-0.3, -0.25) is 0 Å². The lowest BCUT2D eigenvalue weighted by Crippen LogP contribution is -2.26. The molecule has 0 fully saturated rings. The third kappa shape index (κ3) is 2.61. The van der Waals surface area contributed by atoms with Crippen LogP contribution in [-0.2, 0) is 19.1 Å². The standard InChI is InChI=1S/C6H5F3O5S2/c7-6(8,9)16(12,13)14-4-2-15-1-3(4)5(10)11/h1-2H2,(H,10,11). The summed E-state index contributed by atoms with van der Waals surface area (Å²) < 4.78 is 60.7.